The number of carbonyl (C=O) groups excluding carboxylic acids is 2. The number of benzene rings is 1. The van der Waals surface area contributed by atoms with Gasteiger partial charge in [-0.25, -0.2) is 4.98 Å². The maximum atomic E-state index is 12.8. The zero-order valence-electron chi connectivity index (χ0n) is 15.3. The number of hydrogen-bond acceptors (Lipinski definition) is 6. The number of aliphatic imine (C=N–C) groups is 1. The molecule has 6 nitrogen and oxygen atoms in total. The number of rotatable bonds is 5. The van der Waals surface area contributed by atoms with Crippen LogP contribution in [0.1, 0.15) is 28.8 Å². The zero-order chi connectivity index (χ0) is 21.3. The summed E-state index contributed by atoms with van der Waals surface area (Å²) < 4.78 is 38.4. The first-order chi connectivity index (χ1) is 14.3. The fourth-order valence-electron chi connectivity index (χ4n) is 2.60. The Labute approximate surface area is 177 Å². The lowest BCUT2D eigenvalue weighted by Crippen LogP contribution is -2.19. The lowest BCUT2D eigenvalue weighted by Gasteiger charge is -2.07. The number of amidine groups is 1. The molecule has 0 radical (unpaired) electrons. The summed E-state index contributed by atoms with van der Waals surface area (Å²) >= 11 is 2.35. The van der Waals surface area contributed by atoms with Crippen LogP contribution in [0, 0.1) is 5.92 Å². The molecule has 0 unspecified atom stereocenters. The average Bonchev–Trinajstić information content (AvgIpc) is 3.37. The molecule has 1 saturated heterocycles. The summed E-state index contributed by atoms with van der Waals surface area (Å²) in [5, 5.41) is 6.14. The van der Waals surface area contributed by atoms with E-state index in [9.17, 15) is 22.8 Å². The third kappa shape index (κ3) is 5.08. The van der Waals surface area contributed by atoms with Gasteiger partial charge < -0.3 is 10.6 Å². The van der Waals surface area contributed by atoms with Gasteiger partial charge in [-0.2, -0.15) is 13.2 Å². The van der Waals surface area contributed by atoms with Crippen LogP contribution in [-0.2, 0) is 22.3 Å². The largest absolute Gasteiger partial charge is 0.416 e. The van der Waals surface area contributed by atoms with Gasteiger partial charge >= 0.3 is 6.18 Å². The molecule has 1 aliphatic carbocycles. The van der Waals surface area contributed by atoms with E-state index >= 15 is 0 Å². The van der Waals surface area contributed by atoms with E-state index in [4.69, 9.17) is 0 Å². The van der Waals surface area contributed by atoms with Crippen LogP contribution < -0.4 is 10.6 Å². The number of hydrogen-bond donors (Lipinski definition) is 2. The average molecular weight is 452 g/mol. The first-order valence-corrected chi connectivity index (χ1v) is 10.6. The van der Waals surface area contributed by atoms with Crippen molar-refractivity contribution in [2.75, 3.05) is 5.32 Å². The van der Waals surface area contributed by atoms with Gasteiger partial charge in [0, 0.05) is 12.1 Å². The number of nitrogens with zero attached hydrogens (tertiary/aromatic N) is 2. The van der Waals surface area contributed by atoms with Gasteiger partial charge in [0.1, 0.15) is 0 Å². The highest BCUT2D eigenvalue weighted by Crippen LogP contribution is 2.33. The van der Waals surface area contributed by atoms with Gasteiger partial charge in [0.15, 0.2) is 10.3 Å². The van der Waals surface area contributed by atoms with E-state index in [1.54, 1.807) is 18.3 Å². The van der Waals surface area contributed by atoms with Crippen molar-refractivity contribution in [2.45, 2.75) is 25.6 Å². The number of nitrogens with one attached hydrogen (secondary N) is 2. The summed E-state index contributed by atoms with van der Waals surface area (Å²) in [6.45, 7) is 0.0116. The quantitative estimate of drug-likeness (QED) is 0.664. The van der Waals surface area contributed by atoms with Crippen molar-refractivity contribution in [3.05, 3.63) is 51.4 Å². The molecule has 4 rings (SSSR count). The fourth-order valence-corrected chi connectivity index (χ4v) is 4.25. The molecule has 11 heteroatoms. The molecule has 0 bridgehead atoms. The number of anilines is 1. The maximum absolute atomic E-state index is 12.8. The van der Waals surface area contributed by atoms with Crippen molar-refractivity contribution in [1.82, 2.24) is 10.3 Å². The van der Waals surface area contributed by atoms with Gasteiger partial charge in [-0.15, -0.1) is 0 Å². The van der Waals surface area contributed by atoms with Crippen molar-refractivity contribution in [3.8, 4) is 0 Å². The van der Waals surface area contributed by atoms with Crippen LogP contribution in [0.4, 0.5) is 18.3 Å². The SMILES string of the molecule is O=C1NC(=NCc2cccc(C(F)(F)F)c2)S/C1=C\c1cnc(NC(=O)C2CC2)s1. The van der Waals surface area contributed by atoms with Crippen LogP contribution in [-0.4, -0.2) is 22.0 Å². The summed E-state index contributed by atoms with van der Waals surface area (Å²) in [7, 11) is 0. The second-order valence-electron chi connectivity index (χ2n) is 6.72. The second-order valence-corrected chi connectivity index (χ2v) is 8.81. The molecule has 1 aliphatic heterocycles. The van der Waals surface area contributed by atoms with Gasteiger partial charge in [0.05, 0.1) is 21.9 Å². The molecule has 0 spiro atoms. The highest BCUT2D eigenvalue weighted by atomic mass is 32.2. The van der Waals surface area contributed by atoms with E-state index in [2.05, 4.69) is 20.6 Å². The third-order valence-electron chi connectivity index (χ3n) is 4.29. The van der Waals surface area contributed by atoms with Crippen LogP contribution in [0.3, 0.4) is 0 Å². The van der Waals surface area contributed by atoms with E-state index < -0.39 is 11.7 Å². The number of alkyl halides is 3. The van der Waals surface area contributed by atoms with Crippen LogP contribution in [0.2, 0.25) is 0 Å². The Morgan fingerprint density at radius 1 is 1.37 bits per heavy atom. The number of halogens is 3. The summed E-state index contributed by atoms with van der Waals surface area (Å²) in [6.07, 6.45) is 0.575. The van der Waals surface area contributed by atoms with Gasteiger partial charge in [-0.05, 0) is 48.4 Å². The van der Waals surface area contributed by atoms with Crippen LogP contribution in [0.5, 0.6) is 0 Å². The Balaban J connectivity index is 1.40. The van der Waals surface area contributed by atoms with Crippen LogP contribution in [0.25, 0.3) is 6.08 Å². The highest BCUT2D eigenvalue weighted by Gasteiger charge is 2.31. The molecule has 2 aromatic rings. The monoisotopic (exact) mass is 452 g/mol. The Morgan fingerprint density at radius 3 is 2.90 bits per heavy atom. The van der Waals surface area contributed by atoms with Crippen molar-refractivity contribution in [3.63, 3.8) is 0 Å². The lowest BCUT2D eigenvalue weighted by molar-refractivity contribution is -0.137. The molecule has 2 aliphatic rings. The van der Waals surface area contributed by atoms with Crippen molar-refractivity contribution < 1.29 is 22.8 Å². The predicted molar refractivity (Wildman–Crippen MR) is 110 cm³/mol. The number of amides is 2. The molecule has 156 valence electrons. The van der Waals surface area contributed by atoms with Gasteiger partial charge in [0.25, 0.3) is 5.91 Å². The lowest BCUT2D eigenvalue weighted by atomic mass is 10.1. The minimum absolute atomic E-state index is 0.0116. The molecule has 2 fully saturated rings. The first kappa shape index (κ1) is 20.6. The van der Waals surface area contributed by atoms with Gasteiger partial charge in [-0.1, -0.05) is 23.5 Å². The van der Waals surface area contributed by atoms with E-state index in [1.807, 2.05) is 0 Å². The Morgan fingerprint density at radius 2 is 2.17 bits per heavy atom. The van der Waals surface area contributed by atoms with E-state index in [-0.39, 0.29) is 24.3 Å². The third-order valence-corrected chi connectivity index (χ3v) is 6.09. The van der Waals surface area contributed by atoms with Crippen molar-refractivity contribution in [2.24, 2.45) is 10.9 Å². The van der Waals surface area contributed by atoms with Crippen molar-refractivity contribution in [1.29, 1.82) is 0 Å². The summed E-state index contributed by atoms with van der Waals surface area (Å²) in [5.74, 6) is -0.317. The molecule has 30 heavy (non-hydrogen) atoms. The highest BCUT2D eigenvalue weighted by molar-refractivity contribution is 8.18. The van der Waals surface area contributed by atoms with Crippen LogP contribution >= 0.6 is 23.1 Å². The first-order valence-electron chi connectivity index (χ1n) is 8.96. The molecular formula is C19H15F3N4O2S2. The minimum atomic E-state index is -4.42. The predicted octanol–water partition coefficient (Wildman–Crippen LogP) is 4.27. The molecule has 1 aromatic carbocycles. The Hall–Kier alpha value is -2.66. The molecule has 2 amide bonds. The topological polar surface area (TPSA) is 83.4 Å². The summed E-state index contributed by atoms with van der Waals surface area (Å²) in [5.41, 5.74) is -0.346. The number of carbonyl (C=O) groups is 2. The number of thiazole rings is 1. The normalized spacial score (nSPS) is 19.4. The molecule has 2 heterocycles. The summed E-state index contributed by atoms with van der Waals surface area (Å²) in [4.78, 5) is 33.4. The minimum Gasteiger partial charge on any atom is -0.302 e. The Kier molecular flexibility index (Phi) is 5.65. The molecule has 1 saturated carbocycles. The fraction of sp³-hybridized carbons (Fsp3) is 0.263. The van der Waals surface area contributed by atoms with Gasteiger partial charge in [-0.3, -0.25) is 14.6 Å². The standard InChI is InChI=1S/C19H15F3N4O2S2/c20-19(21,22)12-3-1-2-10(6-12)8-23-18-26-16(28)14(30-18)7-13-9-24-17(29-13)25-15(27)11-4-5-11/h1-3,6-7,9,11H,4-5,8H2,(H,23,26,28)(H,24,25,27)/b14-7-. The number of aromatic nitrogens is 1. The van der Waals surface area contributed by atoms with E-state index in [0.29, 0.717) is 25.6 Å². The molecule has 1 aromatic heterocycles. The summed E-state index contributed by atoms with van der Waals surface area (Å²) in [6, 6.07) is 4.91. The Bertz CT molecular complexity index is 1060. The maximum Gasteiger partial charge on any atom is 0.416 e. The van der Waals surface area contributed by atoms with E-state index in [0.717, 1.165) is 36.7 Å². The van der Waals surface area contributed by atoms with Crippen molar-refractivity contribution >= 4 is 51.3 Å². The molecule has 2 N–H and O–H groups in total. The molecular weight excluding hydrogens is 437 g/mol. The second kappa shape index (κ2) is 8.23. The number of thioether (sulfide) groups is 1. The van der Waals surface area contributed by atoms with Gasteiger partial charge in [0.2, 0.25) is 5.91 Å². The van der Waals surface area contributed by atoms with Crippen LogP contribution in [0.15, 0.2) is 40.4 Å². The zero-order valence-corrected chi connectivity index (χ0v) is 17.0. The smallest absolute Gasteiger partial charge is 0.302 e. The molecule has 0 atom stereocenters. The van der Waals surface area contributed by atoms with E-state index in [1.165, 1.54) is 17.4 Å².